The number of fused-ring (bicyclic) bond motifs is 1. The van der Waals surface area contributed by atoms with Gasteiger partial charge in [0, 0.05) is 10.6 Å². The number of nitrogens with one attached hydrogen (secondary N) is 2. The first-order valence-electron chi connectivity index (χ1n) is 9.65. The summed E-state index contributed by atoms with van der Waals surface area (Å²) in [6.45, 7) is 0. The Bertz CT molecular complexity index is 1090. The van der Waals surface area contributed by atoms with Crippen LogP contribution in [0.25, 0.3) is 0 Å². The van der Waals surface area contributed by atoms with Crippen molar-refractivity contribution < 1.29 is 14.3 Å². The molecule has 1 aliphatic carbocycles. The molecule has 0 atom stereocenters. The third-order valence-electron chi connectivity index (χ3n) is 4.75. The second-order valence-corrected chi connectivity index (χ2v) is 10.2. The minimum atomic E-state index is -0.218. The van der Waals surface area contributed by atoms with Crippen molar-refractivity contribution in [3.63, 3.8) is 0 Å². The number of thioether (sulfide) groups is 1. The summed E-state index contributed by atoms with van der Waals surface area (Å²) < 4.78 is 5.80. The first kappa shape index (κ1) is 21.6. The number of amides is 2. The molecule has 162 valence electrons. The number of aromatic nitrogens is 2. The van der Waals surface area contributed by atoms with Gasteiger partial charge in [0.1, 0.15) is 10.8 Å². The maximum Gasteiger partial charge on any atom is 0.258 e. The first-order chi connectivity index (χ1) is 15.0. The lowest BCUT2D eigenvalue weighted by Crippen LogP contribution is -2.19. The van der Waals surface area contributed by atoms with Crippen molar-refractivity contribution in [3.8, 4) is 5.75 Å². The topological polar surface area (TPSA) is 119 Å². The minimum absolute atomic E-state index is 0.163. The molecule has 0 radical (unpaired) electrons. The average molecular weight is 476 g/mol. The summed E-state index contributed by atoms with van der Waals surface area (Å²) in [7, 11) is 1.60. The second-order valence-electron chi connectivity index (χ2n) is 6.84. The van der Waals surface area contributed by atoms with Gasteiger partial charge in [0.05, 0.1) is 18.4 Å². The molecule has 8 nitrogen and oxygen atoms in total. The van der Waals surface area contributed by atoms with Crippen LogP contribution in [0, 0.1) is 0 Å². The summed E-state index contributed by atoms with van der Waals surface area (Å²) in [4.78, 5) is 26.9. The van der Waals surface area contributed by atoms with E-state index in [-0.39, 0.29) is 17.6 Å². The van der Waals surface area contributed by atoms with Crippen molar-refractivity contribution in [1.82, 2.24) is 10.2 Å². The zero-order chi connectivity index (χ0) is 21.8. The summed E-state index contributed by atoms with van der Waals surface area (Å²) in [5, 5.41) is 14.5. The highest BCUT2D eigenvalue weighted by Crippen LogP contribution is 2.39. The molecular formula is C20H21N5O3S3. The molecule has 2 amide bonds. The van der Waals surface area contributed by atoms with Gasteiger partial charge in [-0.1, -0.05) is 23.1 Å². The van der Waals surface area contributed by atoms with E-state index in [1.54, 1.807) is 31.4 Å². The van der Waals surface area contributed by atoms with Crippen molar-refractivity contribution in [3.05, 3.63) is 40.3 Å². The molecule has 4 rings (SSSR count). The normalized spacial score (nSPS) is 12.8. The van der Waals surface area contributed by atoms with Gasteiger partial charge in [-0.15, -0.1) is 21.5 Å². The Morgan fingerprint density at radius 2 is 1.90 bits per heavy atom. The van der Waals surface area contributed by atoms with Gasteiger partial charge >= 0.3 is 0 Å². The Morgan fingerprint density at radius 3 is 2.61 bits per heavy atom. The Kier molecular flexibility index (Phi) is 6.73. The van der Waals surface area contributed by atoms with E-state index in [4.69, 9.17) is 10.5 Å². The molecule has 2 aromatic heterocycles. The first-order valence-corrected chi connectivity index (χ1v) is 12.3. The molecule has 1 aliphatic rings. The van der Waals surface area contributed by atoms with Crippen LogP contribution >= 0.6 is 34.4 Å². The molecule has 1 aromatic carbocycles. The number of rotatable bonds is 7. The van der Waals surface area contributed by atoms with E-state index < -0.39 is 0 Å². The fraction of sp³-hybridized carbons (Fsp3) is 0.300. The van der Waals surface area contributed by atoms with Crippen LogP contribution in [0.15, 0.2) is 28.6 Å². The van der Waals surface area contributed by atoms with E-state index >= 15 is 0 Å². The summed E-state index contributed by atoms with van der Waals surface area (Å²) in [5.41, 5.74) is 7.86. The number of hydrogen-bond donors (Lipinski definition) is 3. The third kappa shape index (κ3) is 5.17. The smallest absolute Gasteiger partial charge is 0.258 e. The molecule has 0 saturated heterocycles. The number of aryl methyl sites for hydroxylation is 1. The van der Waals surface area contributed by atoms with Crippen molar-refractivity contribution in [1.29, 1.82) is 0 Å². The highest BCUT2D eigenvalue weighted by atomic mass is 32.2. The standard InChI is InChI=1S/C20H21N5O3S3/c1-28-12-8-6-11(7-9-12)22-17(27)16-13-4-2-3-5-14(13)30-18(16)23-15(26)10-29-20-25-24-19(21)31-20/h6-9H,2-5,10H2,1H3,(H2,21,24)(H,22,27)(H,23,26). The number of hydrogen-bond acceptors (Lipinski definition) is 9. The van der Waals surface area contributed by atoms with E-state index in [2.05, 4.69) is 20.8 Å². The number of anilines is 3. The number of ether oxygens (including phenoxy) is 1. The molecule has 4 N–H and O–H groups in total. The number of methoxy groups -OCH3 is 1. The molecule has 0 spiro atoms. The summed E-state index contributed by atoms with van der Waals surface area (Å²) in [6.07, 6.45) is 3.90. The van der Waals surface area contributed by atoms with Crippen LogP contribution < -0.4 is 21.1 Å². The third-order valence-corrected chi connectivity index (χ3v) is 7.84. The molecule has 0 bridgehead atoms. The lowest BCUT2D eigenvalue weighted by atomic mass is 9.95. The van der Waals surface area contributed by atoms with Gasteiger partial charge in [-0.25, -0.2) is 0 Å². The number of nitrogens with zero attached hydrogens (tertiary/aromatic N) is 2. The minimum Gasteiger partial charge on any atom is -0.497 e. The Morgan fingerprint density at radius 1 is 1.13 bits per heavy atom. The van der Waals surface area contributed by atoms with E-state index in [1.165, 1.54) is 39.3 Å². The summed E-state index contributed by atoms with van der Waals surface area (Å²) in [6, 6.07) is 7.16. The molecule has 0 fully saturated rings. The highest BCUT2D eigenvalue weighted by molar-refractivity contribution is 8.01. The molecule has 0 aliphatic heterocycles. The fourth-order valence-electron chi connectivity index (χ4n) is 3.33. The average Bonchev–Trinajstić information content (AvgIpc) is 3.35. The Hall–Kier alpha value is -2.63. The molecule has 2 heterocycles. The molecule has 0 unspecified atom stereocenters. The van der Waals surface area contributed by atoms with Crippen molar-refractivity contribution in [2.45, 2.75) is 30.0 Å². The van der Waals surface area contributed by atoms with E-state index in [9.17, 15) is 9.59 Å². The van der Waals surface area contributed by atoms with Crippen LogP contribution in [-0.2, 0) is 17.6 Å². The number of carbonyl (C=O) groups is 2. The van der Waals surface area contributed by atoms with Crippen LogP contribution in [0.4, 0.5) is 15.8 Å². The monoisotopic (exact) mass is 475 g/mol. The maximum atomic E-state index is 13.2. The number of nitrogens with two attached hydrogens (primary N) is 1. The highest BCUT2D eigenvalue weighted by Gasteiger charge is 2.26. The molecule has 0 saturated carbocycles. The van der Waals surface area contributed by atoms with Gasteiger partial charge in [-0.2, -0.15) is 0 Å². The molecule has 3 aromatic rings. The molecule has 11 heteroatoms. The predicted octanol–water partition coefficient (Wildman–Crippen LogP) is 4.05. The predicted molar refractivity (Wildman–Crippen MR) is 126 cm³/mol. The summed E-state index contributed by atoms with van der Waals surface area (Å²) in [5.74, 6) is 0.463. The van der Waals surface area contributed by atoms with Gasteiger partial charge < -0.3 is 21.1 Å². The van der Waals surface area contributed by atoms with Crippen LogP contribution in [0.1, 0.15) is 33.6 Å². The molecule has 31 heavy (non-hydrogen) atoms. The zero-order valence-electron chi connectivity index (χ0n) is 16.8. The number of nitrogen functional groups attached to an aromatic ring is 1. The lowest BCUT2D eigenvalue weighted by Gasteiger charge is -2.13. The van der Waals surface area contributed by atoms with Crippen LogP contribution in [0.5, 0.6) is 5.75 Å². The number of carbonyl (C=O) groups excluding carboxylic acids is 2. The van der Waals surface area contributed by atoms with Gasteiger partial charge in [-0.3, -0.25) is 9.59 Å². The van der Waals surface area contributed by atoms with Crippen molar-refractivity contribution >= 4 is 62.1 Å². The number of thiophene rings is 1. The van der Waals surface area contributed by atoms with Crippen molar-refractivity contribution in [2.24, 2.45) is 0 Å². The lowest BCUT2D eigenvalue weighted by molar-refractivity contribution is -0.113. The molecular weight excluding hydrogens is 454 g/mol. The fourth-order valence-corrected chi connectivity index (χ4v) is 6.07. The quantitative estimate of drug-likeness (QED) is 0.441. The second kappa shape index (κ2) is 9.67. The van der Waals surface area contributed by atoms with Crippen LogP contribution in [0.2, 0.25) is 0 Å². The zero-order valence-corrected chi connectivity index (χ0v) is 19.2. The largest absolute Gasteiger partial charge is 0.497 e. The van der Waals surface area contributed by atoms with E-state index in [0.717, 1.165) is 31.2 Å². The number of benzene rings is 1. The Labute approximate surface area is 191 Å². The summed E-state index contributed by atoms with van der Waals surface area (Å²) >= 11 is 4.00. The van der Waals surface area contributed by atoms with Gasteiger partial charge in [0.2, 0.25) is 11.0 Å². The van der Waals surface area contributed by atoms with Gasteiger partial charge in [0.15, 0.2) is 4.34 Å². The maximum absolute atomic E-state index is 13.2. The SMILES string of the molecule is COc1ccc(NC(=O)c2c(NC(=O)CSc3nnc(N)s3)sc3c2CCCC3)cc1. The van der Waals surface area contributed by atoms with Crippen LogP contribution in [-0.4, -0.2) is 34.9 Å². The van der Waals surface area contributed by atoms with Gasteiger partial charge in [-0.05, 0) is 55.5 Å². The van der Waals surface area contributed by atoms with E-state index in [1.807, 2.05) is 0 Å². The van der Waals surface area contributed by atoms with Crippen molar-refractivity contribution in [2.75, 3.05) is 29.2 Å². The van der Waals surface area contributed by atoms with E-state index in [0.29, 0.717) is 31.5 Å². The van der Waals surface area contributed by atoms with Gasteiger partial charge in [0.25, 0.3) is 5.91 Å². The Balaban J connectivity index is 1.51. The van der Waals surface area contributed by atoms with Crippen LogP contribution in [0.3, 0.4) is 0 Å².